The molecule has 1 atom stereocenters. The number of hydrogen-bond acceptors (Lipinski definition) is 4. The third-order valence-electron chi connectivity index (χ3n) is 2.33. The molecule has 0 saturated heterocycles. The monoisotopic (exact) mass is 253 g/mol. The molecule has 0 bridgehead atoms. The average Bonchev–Trinajstić information content (AvgIpc) is 2.22. The minimum atomic E-state index is 0.555. The van der Waals surface area contributed by atoms with Crippen molar-refractivity contribution in [3.8, 4) is 0 Å². The molecular formula is C13H23N3S. The predicted molar refractivity (Wildman–Crippen MR) is 74.5 cm³/mol. The van der Waals surface area contributed by atoms with Crippen LogP contribution in [0, 0.1) is 19.8 Å². The van der Waals surface area contributed by atoms with Gasteiger partial charge in [0.25, 0.3) is 0 Å². The van der Waals surface area contributed by atoms with E-state index in [1.165, 1.54) is 0 Å². The lowest BCUT2D eigenvalue weighted by atomic mass is 10.2. The van der Waals surface area contributed by atoms with Gasteiger partial charge >= 0.3 is 0 Å². The zero-order valence-electron chi connectivity index (χ0n) is 11.4. The van der Waals surface area contributed by atoms with E-state index in [2.05, 4.69) is 36.1 Å². The van der Waals surface area contributed by atoms with Gasteiger partial charge in [-0.05, 0) is 32.4 Å². The molecule has 0 radical (unpaired) electrons. The van der Waals surface area contributed by atoms with Crippen molar-refractivity contribution in [2.45, 2.75) is 45.8 Å². The summed E-state index contributed by atoms with van der Waals surface area (Å²) < 4.78 is 0. The maximum atomic E-state index is 4.43. The van der Waals surface area contributed by atoms with Crippen LogP contribution in [0.3, 0.4) is 0 Å². The summed E-state index contributed by atoms with van der Waals surface area (Å²) in [4.78, 5) is 8.87. The summed E-state index contributed by atoms with van der Waals surface area (Å²) in [6.07, 6.45) is 0. The summed E-state index contributed by atoms with van der Waals surface area (Å²) in [6, 6.07) is 2.56. The smallest absolute Gasteiger partial charge is 0.187 e. The number of nitrogens with one attached hydrogen (secondary N) is 1. The van der Waals surface area contributed by atoms with Gasteiger partial charge in [-0.25, -0.2) is 9.97 Å². The van der Waals surface area contributed by atoms with E-state index in [1.54, 1.807) is 11.8 Å². The molecule has 3 nitrogen and oxygen atoms in total. The Morgan fingerprint density at radius 3 is 2.29 bits per heavy atom. The zero-order valence-corrected chi connectivity index (χ0v) is 12.3. The van der Waals surface area contributed by atoms with Crippen molar-refractivity contribution in [2.75, 3.05) is 12.3 Å². The number of thioether (sulfide) groups is 1. The molecule has 1 N–H and O–H groups in total. The minimum absolute atomic E-state index is 0.555. The van der Waals surface area contributed by atoms with Crippen molar-refractivity contribution in [3.05, 3.63) is 17.5 Å². The second-order valence-electron chi connectivity index (χ2n) is 4.91. The van der Waals surface area contributed by atoms with Gasteiger partial charge in [0.1, 0.15) is 0 Å². The van der Waals surface area contributed by atoms with E-state index in [-0.39, 0.29) is 0 Å². The maximum absolute atomic E-state index is 4.43. The van der Waals surface area contributed by atoms with Crippen molar-refractivity contribution in [2.24, 2.45) is 5.92 Å². The molecule has 0 aliphatic carbocycles. The van der Waals surface area contributed by atoms with E-state index in [1.807, 2.05) is 19.9 Å². The predicted octanol–water partition coefficient (Wildman–Crippen LogP) is 2.82. The molecule has 0 spiro atoms. The van der Waals surface area contributed by atoms with Crippen LogP contribution in [-0.4, -0.2) is 28.3 Å². The first-order chi connectivity index (χ1) is 7.97. The lowest BCUT2D eigenvalue weighted by Crippen LogP contribution is -2.28. The first-order valence-corrected chi connectivity index (χ1v) is 7.14. The molecule has 0 aromatic carbocycles. The Morgan fingerprint density at radius 1 is 1.18 bits per heavy atom. The fourth-order valence-corrected chi connectivity index (χ4v) is 2.44. The first-order valence-electron chi connectivity index (χ1n) is 6.16. The summed E-state index contributed by atoms with van der Waals surface area (Å²) >= 11 is 1.75. The van der Waals surface area contributed by atoms with Gasteiger partial charge in [0.15, 0.2) is 5.16 Å². The molecule has 1 aromatic rings. The van der Waals surface area contributed by atoms with Crippen LogP contribution in [0.4, 0.5) is 0 Å². The van der Waals surface area contributed by atoms with Gasteiger partial charge in [-0.15, -0.1) is 0 Å². The maximum Gasteiger partial charge on any atom is 0.187 e. The molecule has 1 unspecified atom stereocenters. The van der Waals surface area contributed by atoms with Crippen molar-refractivity contribution in [3.63, 3.8) is 0 Å². The first kappa shape index (κ1) is 14.5. The largest absolute Gasteiger partial charge is 0.314 e. The SMILES string of the molecule is Cc1cc(C)nc(SCC(C)CNC(C)C)n1. The number of hydrogen-bond donors (Lipinski definition) is 1. The summed E-state index contributed by atoms with van der Waals surface area (Å²) in [5.74, 6) is 1.69. The summed E-state index contributed by atoms with van der Waals surface area (Å²) in [5.41, 5.74) is 2.10. The van der Waals surface area contributed by atoms with Gasteiger partial charge in [-0.3, -0.25) is 0 Å². The average molecular weight is 253 g/mol. The Balaban J connectivity index is 2.39. The molecule has 17 heavy (non-hydrogen) atoms. The quantitative estimate of drug-likeness (QED) is 0.625. The third kappa shape index (κ3) is 6.03. The zero-order chi connectivity index (χ0) is 12.8. The molecule has 1 aromatic heterocycles. The number of aromatic nitrogens is 2. The highest BCUT2D eigenvalue weighted by Gasteiger charge is 2.06. The second kappa shape index (κ2) is 6.97. The van der Waals surface area contributed by atoms with Crippen LogP contribution in [0.5, 0.6) is 0 Å². The van der Waals surface area contributed by atoms with E-state index in [0.29, 0.717) is 12.0 Å². The lowest BCUT2D eigenvalue weighted by Gasteiger charge is -2.14. The van der Waals surface area contributed by atoms with Crippen molar-refractivity contribution < 1.29 is 0 Å². The van der Waals surface area contributed by atoms with Gasteiger partial charge in [0.2, 0.25) is 0 Å². The topological polar surface area (TPSA) is 37.8 Å². The molecular weight excluding hydrogens is 230 g/mol. The van der Waals surface area contributed by atoms with Crippen molar-refractivity contribution in [1.82, 2.24) is 15.3 Å². The Bertz CT molecular complexity index is 332. The summed E-state index contributed by atoms with van der Waals surface area (Å²) in [7, 11) is 0. The second-order valence-corrected chi connectivity index (χ2v) is 5.90. The van der Waals surface area contributed by atoms with Crippen LogP contribution in [0.15, 0.2) is 11.2 Å². The van der Waals surface area contributed by atoms with Gasteiger partial charge in [-0.2, -0.15) is 0 Å². The summed E-state index contributed by atoms with van der Waals surface area (Å²) in [6.45, 7) is 11.7. The van der Waals surface area contributed by atoms with Gasteiger partial charge in [-0.1, -0.05) is 32.5 Å². The van der Waals surface area contributed by atoms with E-state index in [0.717, 1.165) is 28.8 Å². The standard InChI is InChI=1S/C13H23N3S/c1-9(2)14-7-10(3)8-17-13-15-11(4)6-12(5)16-13/h6,9-10,14H,7-8H2,1-5H3. The van der Waals surface area contributed by atoms with E-state index >= 15 is 0 Å². The molecule has 0 aliphatic heterocycles. The lowest BCUT2D eigenvalue weighted by molar-refractivity contribution is 0.510. The molecule has 96 valence electrons. The van der Waals surface area contributed by atoms with Crippen LogP contribution in [0.1, 0.15) is 32.2 Å². The van der Waals surface area contributed by atoms with Crippen LogP contribution in [0.2, 0.25) is 0 Å². The number of aryl methyl sites for hydroxylation is 2. The molecule has 4 heteroatoms. The van der Waals surface area contributed by atoms with Gasteiger partial charge in [0, 0.05) is 23.2 Å². The fraction of sp³-hybridized carbons (Fsp3) is 0.692. The van der Waals surface area contributed by atoms with E-state index < -0.39 is 0 Å². The highest BCUT2D eigenvalue weighted by molar-refractivity contribution is 7.99. The van der Waals surface area contributed by atoms with Crippen LogP contribution < -0.4 is 5.32 Å². The molecule has 0 aliphatic rings. The highest BCUT2D eigenvalue weighted by Crippen LogP contribution is 2.17. The van der Waals surface area contributed by atoms with Gasteiger partial charge in [0.05, 0.1) is 0 Å². The van der Waals surface area contributed by atoms with Crippen molar-refractivity contribution in [1.29, 1.82) is 0 Å². The van der Waals surface area contributed by atoms with Crippen LogP contribution in [0.25, 0.3) is 0 Å². The Hall–Kier alpha value is -0.610. The number of nitrogens with zero attached hydrogens (tertiary/aromatic N) is 2. The normalized spacial score (nSPS) is 13.1. The van der Waals surface area contributed by atoms with Gasteiger partial charge < -0.3 is 5.32 Å². The Morgan fingerprint density at radius 2 is 1.76 bits per heavy atom. The minimum Gasteiger partial charge on any atom is -0.314 e. The molecule has 0 fully saturated rings. The Labute approximate surface area is 109 Å². The molecule has 1 heterocycles. The Kier molecular flexibility index (Phi) is 5.92. The highest BCUT2D eigenvalue weighted by atomic mass is 32.2. The van der Waals surface area contributed by atoms with E-state index in [9.17, 15) is 0 Å². The molecule has 1 rings (SSSR count). The van der Waals surface area contributed by atoms with E-state index in [4.69, 9.17) is 0 Å². The summed E-state index contributed by atoms with van der Waals surface area (Å²) in [5, 5.41) is 4.35. The van der Waals surface area contributed by atoms with Crippen LogP contribution in [-0.2, 0) is 0 Å². The van der Waals surface area contributed by atoms with Crippen molar-refractivity contribution >= 4 is 11.8 Å². The fourth-order valence-electron chi connectivity index (χ4n) is 1.47. The molecule has 0 saturated carbocycles. The third-order valence-corrected chi connectivity index (χ3v) is 3.51. The number of rotatable bonds is 6. The molecule has 0 amide bonds. The van der Waals surface area contributed by atoms with Crippen LogP contribution >= 0.6 is 11.8 Å².